The third-order valence-corrected chi connectivity index (χ3v) is 8.30. The van der Waals surface area contributed by atoms with E-state index in [1.54, 1.807) is 49.4 Å². The highest BCUT2D eigenvalue weighted by molar-refractivity contribution is 7.92. The zero-order valence-electron chi connectivity index (χ0n) is 23.5. The highest BCUT2D eigenvalue weighted by atomic mass is 35.5. The van der Waals surface area contributed by atoms with Crippen molar-refractivity contribution in [3.8, 4) is 5.75 Å². The van der Waals surface area contributed by atoms with E-state index in [2.05, 4.69) is 5.32 Å². The summed E-state index contributed by atoms with van der Waals surface area (Å²) in [7, 11) is -3.87. The summed E-state index contributed by atoms with van der Waals surface area (Å²) >= 11 is 12.4. The SMILES string of the molecule is CC[C@H](C)NC(=O)[C@H](C)N(Cc1ccc(Cl)cc1Cl)C(=O)CN(c1ccc(OCc2ccccc2)cc1)S(C)(=O)=O. The Hall–Kier alpha value is -3.27. The van der Waals surface area contributed by atoms with Crippen LogP contribution in [0.3, 0.4) is 0 Å². The Morgan fingerprint density at radius 1 is 0.976 bits per heavy atom. The van der Waals surface area contributed by atoms with Crippen LogP contribution in [0.15, 0.2) is 72.8 Å². The number of amides is 2. The molecule has 2 atom stereocenters. The minimum absolute atomic E-state index is 0.0200. The van der Waals surface area contributed by atoms with E-state index in [1.165, 1.54) is 4.90 Å². The Labute approximate surface area is 252 Å². The van der Waals surface area contributed by atoms with Crippen molar-refractivity contribution >= 4 is 50.7 Å². The first-order valence-corrected chi connectivity index (χ1v) is 15.8. The molecule has 3 aromatic carbocycles. The predicted molar refractivity (Wildman–Crippen MR) is 164 cm³/mol. The molecule has 0 saturated carbocycles. The largest absolute Gasteiger partial charge is 0.489 e. The van der Waals surface area contributed by atoms with E-state index in [0.717, 1.165) is 16.1 Å². The molecule has 0 spiro atoms. The normalized spacial score (nSPS) is 12.7. The summed E-state index contributed by atoms with van der Waals surface area (Å²) in [5.74, 6) is -0.381. The van der Waals surface area contributed by atoms with Crippen LogP contribution in [0.5, 0.6) is 5.75 Å². The second kappa shape index (κ2) is 14.6. The minimum atomic E-state index is -3.87. The molecule has 2 amide bonds. The summed E-state index contributed by atoms with van der Waals surface area (Å²) in [5, 5.41) is 3.65. The summed E-state index contributed by atoms with van der Waals surface area (Å²) in [6.07, 6.45) is 1.74. The van der Waals surface area contributed by atoms with Crippen LogP contribution in [-0.4, -0.2) is 50.0 Å². The van der Waals surface area contributed by atoms with Gasteiger partial charge < -0.3 is 15.0 Å². The molecule has 8 nitrogen and oxygen atoms in total. The van der Waals surface area contributed by atoms with Gasteiger partial charge in [-0.1, -0.05) is 66.5 Å². The Morgan fingerprint density at radius 2 is 1.63 bits per heavy atom. The first-order chi connectivity index (χ1) is 19.4. The van der Waals surface area contributed by atoms with Crippen molar-refractivity contribution in [3.63, 3.8) is 0 Å². The molecule has 41 heavy (non-hydrogen) atoms. The molecule has 0 fully saturated rings. The van der Waals surface area contributed by atoms with E-state index in [1.807, 2.05) is 44.2 Å². The van der Waals surface area contributed by atoms with Crippen LogP contribution in [-0.2, 0) is 32.8 Å². The van der Waals surface area contributed by atoms with Crippen LogP contribution in [0.2, 0.25) is 10.0 Å². The van der Waals surface area contributed by atoms with Crippen molar-refractivity contribution in [2.45, 2.75) is 52.4 Å². The molecule has 220 valence electrons. The van der Waals surface area contributed by atoms with Gasteiger partial charge in [0.05, 0.1) is 11.9 Å². The number of hydrogen-bond acceptors (Lipinski definition) is 5. The summed E-state index contributed by atoms with van der Waals surface area (Å²) in [4.78, 5) is 28.1. The van der Waals surface area contributed by atoms with Gasteiger partial charge in [0.25, 0.3) is 0 Å². The van der Waals surface area contributed by atoms with Crippen molar-refractivity contribution < 1.29 is 22.7 Å². The lowest BCUT2D eigenvalue weighted by molar-refractivity contribution is -0.139. The molecule has 3 aromatic rings. The molecule has 0 radical (unpaired) electrons. The first kappa shape index (κ1) is 32.2. The van der Waals surface area contributed by atoms with Gasteiger partial charge in [-0.2, -0.15) is 0 Å². The molecule has 0 aliphatic rings. The molecule has 0 aliphatic carbocycles. The summed E-state index contributed by atoms with van der Waals surface area (Å²) in [6, 6.07) is 20.0. The predicted octanol–water partition coefficient (Wildman–Crippen LogP) is 5.67. The smallest absolute Gasteiger partial charge is 0.244 e. The fourth-order valence-electron chi connectivity index (χ4n) is 3.94. The molecule has 0 bridgehead atoms. The fourth-order valence-corrected chi connectivity index (χ4v) is 5.26. The van der Waals surface area contributed by atoms with Gasteiger partial charge in [-0.05, 0) is 67.8 Å². The molecule has 0 heterocycles. The fraction of sp³-hybridized carbons (Fsp3) is 0.333. The van der Waals surface area contributed by atoms with E-state index in [0.29, 0.717) is 34.4 Å². The molecule has 1 N–H and O–H groups in total. The van der Waals surface area contributed by atoms with E-state index in [9.17, 15) is 18.0 Å². The number of carbonyl (C=O) groups excluding carboxylic acids is 2. The van der Waals surface area contributed by atoms with Gasteiger partial charge in [0.2, 0.25) is 21.8 Å². The molecule has 11 heteroatoms. The van der Waals surface area contributed by atoms with Crippen LogP contribution in [0, 0.1) is 0 Å². The zero-order chi connectivity index (χ0) is 30.2. The van der Waals surface area contributed by atoms with E-state index in [4.69, 9.17) is 27.9 Å². The number of ether oxygens (including phenoxy) is 1. The Morgan fingerprint density at radius 3 is 2.22 bits per heavy atom. The van der Waals surface area contributed by atoms with Crippen molar-refractivity contribution in [2.75, 3.05) is 17.1 Å². The summed E-state index contributed by atoms with van der Waals surface area (Å²) < 4.78 is 32.5. The standard InChI is InChI=1S/C30H35Cl2N3O5S/c1-5-21(2)33-30(37)22(3)34(18-24-11-12-25(31)17-28(24)32)29(36)19-35(41(4,38)39)26-13-15-27(16-14-26)40-20-23-9-7-6-8-10-23/h6-17,21-22H,5,18-20H2,1-4H3,(H,33,37)/t21-,22-/m0/s1. The number of carbonyl (C=O) groups is 2. The second-order valence-electron chi connectivity index (χ2n) is 9.79. The number of nitrogens with zero attached hydrogens (tertiary/aromatic N) is 2. The van der Waals surface area contributed by atoms with Crippen LogP contribution in [0.4, 0.5) is 5.69 Å². The minimum Gasteiger partial charge on any atom is -0.489 e. The molecule has 3 rings (SSSR count). The van der Waals surface area contributed by atoms with Gasteiger partial charge in [0.15, 0.2) is 0 Å². The average molecular weight is 621 g/mol. The number of anilines is 1. The lowest BCUT2D eigenvalue weighted by atomic mass is 10.1. The molecule has 0 aromatic heterocycles. The van der Waals surface area contributed by atoms with E-state index >= 15 is 0 Å². The molecular weight excluding hydrogens is 585 g/mol. The Bertz CT molecular complexity index is 1440. The maximum Gasteiger partial charge on any atom is 0.244 e. The van der Waals surface area contributed by atoms with Crippen LogP contribution in [0.25, 0.3) is 0 Å². The number of halogens is 2. The van der Waals surface area contributed by atoms with Gasteiger partial charge in [0.1, 0.15) is 24.9 Å². The molecular formula is C30H35Cl2N3O5S. The second-order valence-corrected chi connectivity index (χ2v) is 12.5. The maximum atomic E-state index is 13.7. The number of nitrogens with one attached hydrogen (secondary N) is 1. The van der Waals surface area contributed by atoms with Crippen molar-refractivity contribution in [1.29, 1.82) is 0 Å². The topological polar surface area (TPSA) is 96.0 Å². The van der Waals surface area contributed by atoms with Crippen LogP contribution in [0.1, 0.15) is 38.3 Å². The van der Waals surface area contributed by atoms with E-state index < -0.39 is 28.5 Å². The highest BCUT2D eigenvalue weighted by Gasteiger charge is 2.31. The first-order valence-electron chi connectivity index (χ1n) is 13.2. The highest BCUT2D eigenvalue weighted by Crippen LogP contribution is 2.25. The van der Waals surface area contributed by atoms with Gasteiger partial charge in [-0.25, -0.2) is 8.42 Å². The Balaban J connectivity index is 1.84. The zero-order valence-corrected chi connectivity index (χ0v) is 25.8. The van der Waals surface area contributed by atoms with Gasteiger partial charge in [-0.15, -0.1) is 0 Å². The monoisotopic (exact) mass is 619 g/mol. The van der Waals surface area contributed by atoms with Gasteiger partial charge in [-0.3, -0.25) is 13.9 Å². The van der Waals surface area contributed by atoms with Crippen molar-refractivity contribution in [1.82, 2.24) is 10.2 Å². The molecule has 0 aliphatic heterocycles. The van der Waals surface area contributed by atoms with Crippen LogP contribution >= 0.6 is 23.2 Å². The van der Waals surface area contributed by atoms with Crippen molar-refractivity contribution in [2.24, 2.45) is 0 Å². The summed E-state index contributed by atoms with van der Waals surface area (Å²) in [6.45, 7) is 5.22. The Kier molecular flexibility index (Phi) is 11.5. The number of sulfonamides is 1. The molecule has 0 unspecified atom stereocenters. The average Bonchev–Trinajstić information content (AvgIpc) is 2.94. The van der Waals surface area contributed by atoms with Crippen LogP contribution < -0.4 is 14.4 Å². The molecule has 0 saturated heterocycles. The van der Waals surface area contributed by atoms with Crippen molar-refractivity contribution in [3.05, 3.63) is 94.0 Å². The maximum absolute atomic E-state index is 13.7. The summed E-state index contributed by atoms with van der Waals surface area (Å²) in [5.41, 5.74) is 1.85. The van der Waals surface area contributed by atoms with Gasteiger partial charge in [0, 0.05) is 22.6 Å². The lowest BCUT2D eigenvalue weighted by Gasteiger charge is -2.32. The van der Waals surface area contributed by atoms with Gasteiger partial charge >= 0.3 is 0 Å². The van der Waals surface area contributed by atoms with E-state index in [-0.39, 0.29) is 24.2 Å². The number of rotatable bonds is 13. The number of hydrogen-bond donors (Lipinski definition) is 1. The number of benzene rings is 3. The lowest BCUT2D eigenvalue weighted by Crippen LogP contribution is -2.52. The quantitative estimate of drug-likeness (QED) is 0.266. The third-order valence-electron chi connectivity index (χ3n) is 6.58. The third kappa shape index (κ3) is 9.38.